The molecule has 2 bridgehead atoms. The van der Waals surface area contributed by atoms with Gasteiger partial charge in [0.1, 0.15) is 10.8 Å². The van der Waals surface area contributed by atoms with E-state index in [-0.39, 0.29) is 5.60 Å². The summed E-state index contributed by atoms with van der Waals surface area (Å²) in [6.07, 6.45) is 7.23. The fraction of sp³-hybridized carbons (Fsp3) is 0.714. The zero-order chi connectivity index (χ0) is 14.9. The smallest absolute Gasteiger partial charge is 0.183 e. The van der Waals surface area contributed by atoms with E-state index in [2.05, 4.69) is 27.1 Å². The van der Waals surface area contributed by atoms with Crippen LogP contribution in [-0.2, 0) is 4.74 Å². The molecule has 3 N–H and O–H groups in total. The predicted octanol–water partition coefficient (Wildman–Crippen LogP) is 1.35. The Morgan fingerprint density at radius 1 is 1.43 bits per heavy atom. The van der Waals surface area contributed by atoms with Crippen molar-refractivity contribution in [3.63, 3.8) is 0 Å². The molecule has 3 saturated heterocycles. The Balaban J connectivity index is 1.59. The van der Waals surface area contributed by atoms with Crippen molar-refractivity contribution < 1.29 is 4.74 Å². The van der Waals surface area contributed by atoms with Gasteiger partial charge in [-0.3, -0.25) is 5.73 Å². The molecule has 1 unspecified atom stereocenters. The van der Waals surface area contributed by atoms with Crippen molar-refractivity contribution in [2.24, 2.45) is 11.7 Å². The number of piperidine rings is 3. The Kier molecular flexibility index (Phi) is 4.35. The maximum atomic E-state index is 6.13. The molecule has 4 heterocycles. The van der Waals surface area contributed by atoms with Crippen molar-refractivity contribution in [1.82, 2.24) is 14.9 Å². The van der Waals surface area contributed by atoms with Gasteiger partial charge >= 0.3 is 0 Å². The van der Waals surface area contributed by atoms with Crippen LogP contribution in [0.3, 0.4) is 0 Å². The second-order valence-corrected chi connectivity index (χ2v) is 6.82. The number of thioether (sulfide) groups is 1. The van der Waals surface area contributed by atoms with E-state index in [1.54, 1.807) is 24.2 Å². The average Bonchev–Trinajstić information content (AvgIpc) is 2.48. The number of aromatic nitrogens is 2. The van der Waals surface area contributed by atoms with Gasteiger partial charge in [0.25, 0.3) is 0 Å². The molecule has 0 spiro atoms. The molecular formula is C14H23N5OS. The first-order valence-corrected chi connectivity index (χ1v) is 8.60. The molecule has 1 aromatic heterocycles. The second kappa shape index (κ2) is 6.08. The summed E-state index contributed by atoms with van der Waals surface area (Å²) in [6, 6.07) is 0. The molecule has 0 aliphatic carbocycles. The standard InChI is InChI=1S/C14H23N5OS/c1-14(9-19-5-3-10(14)4-6-19)20-13(15)18-11-7-17-12(21-2)8-16-11/h7-8,10,13H,3-6,9,15H2,1-2H3,(H,16,18)/t13?,14-/m0/s1. The second-order valence-electron chi connectivity index (χ2n) is 5.99. The Bertz CT molecular complexity index is 477. The molecule has 0 aromatic carbocycles. The normalized spacial score (nSPS) is 32.9. The van der Waals surface area contributed by atoms with Crippen molar-refractivity contribution in [2.75, 3.05) is 31.2 Å². The van der Waals surface area contributed by atoms with Crippen LogP contribution in [0, 0.1) is 5.92 Å². The van der Waals surface area contributed by atoms with E-state index in [1.807, 2.05) is 6.26 Å². The summed E-state index contributed by atoms with van der Waals surface area (Å²) < 4.78 is 6.13. The lowest BCUT2D eigenvalue weighted by molar-refractivity contribution is -0.162. The molecule has 6 nitrogen and oxygen atoms in total. The SMILES string of the molecule is CSc1cnc(NC(N)O[C@@]2(C)CN3CCC2CC3)cn1. The number of anilines is 1. The number of ether oxygens (including phenoxy) is 1. The lowest BCUT2D eigenvalue weighted by atomic mass is 9.76. The molecule has 2 atom stereocenters. The summed E-state index contributed by atoms with van der Waals surface area (Å²) >= 11 is 1.56. The molecule has 3 fully saturated rings. The van der Waals surface area contributed by atoms with Crippen molar-refractivity contribution >= 4 is 17.6 Å². The van der Waals surface area contributed by atoms with Gasteiger partial charge in [-0.25, -0.2) is 9.97 Å². The van der Waals surface area contributed by atoms with Gasteiger partial charge in [-0.15, -0.1) is 11.8 Å². The molecule has 0 radical (unpaired) electrons. The number of nitrogens with one attached hydrogen (secondary N) is 1. The van der Waals surface area contributed by atoms with E-state index < -0.39 is 6.35 Å². The van der Waals surface area contributed by atoms with Crippen molar-refractivity contribution in [3.8, 4) is 0 Å². The van der Waals surface area contributed by atoms with Gasteiger partial charge in [-0.05, 0) is 45.0 Å². The molecule has 3 aliphatic rings. The van der Waals surface area contributed by atoms with Crippen LogP contribution in [0.1, 0.15) is 19.8 Å². The zero-order valence-corrected chi connectivity index (χ0v) is 13.4. The third-order valence-electron chi connectivity index (χ3n) is 4.51. The predicted molar refractivity (Wildman–Crippen MR) is 84.1 cm³/mol. The number of rotatable bonds is 5. The summed E-state index contributed by atoms with van der Waals surface area (Å²) in [7, 11) is 0. The maximum absolute atomic E-state index is 6.13. The Labute approximate surface area is 129 Å². The molecule has 21 heavy (non-hydrogen) atoms. The van der Waals surface area contributed by atoms with Crippen molar-refractivity contribution in [3.05, 3.63) is 12.4 Å². The van der Waals surface area contributed by atoms with Crippen LogP contribution in [0.25, 0.3) is 0 Å². The van der Waals surface area contributed by atoms with Crippen LogP contribution in [0.4, 0.5) is 5.82 Å². The van der Waals surface area contributed by atoms with Crippen molar-refractivity contribution in [2.45, 2.75) is 36.7 Å². The van der Waals surface area contributed by atoms with Gasteiger partial charge in [-0.2, -0.15) is 0 Å². The first-order chi connectivity index (χ1) is 10.1. The van der Waals surface area contributed by atoms with E-state index in [0.717, 1.165) is 11.6 Å². The minimum atomic E-state index is -0.565. The molecule has 116 valence electrons. The number of hydrogen-bond acceptors (Lipinski definition) is 7. The monoisotopic (exact) mass is 309 g/mol. The fourth-order valence-corrected chi connectivity index (χ4v) is 3.69. The van der Waals surface area contributed by atoms with E-state index in [9.17, 15) is 0 Å². The average molecular weight is 309 g/mol. The first-order valence-electron chi connectivity index (χ1n) is 7.37. The van der Waals surface area contributed by atoms with Crippen LogP contribution in [0.2, 0.25) is 0 Å². The third kappa shape index (κ3) is 3.31. The minimum absolute atomic E-state index is 0.171. The molecule has 4 rings (SSSR count). The first kappa shape index (κ1) is 15.0. The van der Waals surface area contributed by atoms with E-state index in [0.29, 0.717) is 11.7 Å². The van der Waals surface area contributed by atoms with Crippen LogP contribution in [0.5, 0.6) is 0 Å². The zero-order valence-electron chi connectivity index (χ0n) is 12.6. The summed E-state index contributed by atoms with van der Waals surface area (Å²) in [5.41, 5.74) is 5.93. The van der Waals surface area contributed by atoms with E-state index >= 15 is 0 Å². The number of fused-ring (bicyclic) bond motifs is 3. The number of nitrogens with two attached hydrogens (primary N) is 1. The van der Waals surface area contributed by atoms with Gasteiger partial charge in [0, 0.05) is 6.54 Å². The quantitative estimate of drug-likeness (QED) is 0.628. The topological polar surface area (TPSA) is 76.3 Å². The van der Waals surface area contributed by atoms with Gasteiger partial charge in [0.05, 0.1) is 18.0 Å². The molecule has 7 heteroatoms. The molecule has 0 amide bonds. The summed E-state index contributed by atoms with van der Waals surface area (Å²) in [4.78, 5) is 11.0. The fourth-order valence-electron chi connectivity index (χ4n) is 3.37. The van der Waals surface area contributed by atoms with Crippen LogP contribution >= 0.6 is 11.8 Å². The molecular weight excluding hydrogens is 286 g/mol. The van der Waals surface area contributed by atoms with E-state index in [1.165, 1.54) is 25.9 Å². The van der Waals surface area contributed by atoms with Gasteiger partial charge in [-0.1, -0.05) is 0 Å². The molecule has 0 saturated carbocycles. The summed E-state index contributed by atoms with van der Waals surface area (Å²) in [5.74, 6) is 1.24. The maximum Gasteiger partial charge on any atom is 0.183 e. The highest BCUT2D eigenvalue weighted by molar-refractivity contribution is 7.98. The third-order valence-corrected chi connectivity index (χ3v) is 5.14. The Morgan fingerprint density at radius 3 is 2.71 bits per heavy atom. The molecule has 3 aliphatic heterocycles. The highest BCUT2D eigenvalue weighted by Crippen LogP contribution is 2.38. The summed E-state index contributed by atoms with van der Waals surface area (Å²) in [5, 5.41) is 3.97. The lowest BCUT2D eigenvalue weighted by Gasteiger charge is -2.51. The van der Waals surface area contributed by atoms with Crippen LogP contribution < -0.4 is 11.1 Å². The highest BCUT2D eigenvalue weighted by Gasteiger charge is 2.45. The largest absolute Gasteiger partial charge is 0.337 e. The molecule has 1 aromatic rings. The van der Waals surface area contributed by atoms with E-state index in [4.69, 9.17) is 10.5 Å². The van der Waals surface area contributed by atoms with Crippen LogP contribution in [-0.4, -0.2) is 52.7 Å². The number of nitrogens with zero attached hydrogens (tertiary/aromatic N) is 3. The van der Waals surface area contributed by atoms with Gasteiger partial charge in [0.2, 0.25) is 0 Å². The van der Waals surface area contributed by atoms with Gasteiger partial charge in [0.15, 0.2) is 6.35 Å². The summed E-state index contributed by atoms with van der Waals surface area (Å²) in [6.45, 7) is 5.51. The minimum Gasteiger partial charge on any atom is -0.337 e. The lowest BCUT2D eigenvalue weighted by Crippen LogP contribution is -2.61. The van der Waals surface area contributed by atoms with Crippen LogP contribution in [0.15, 0.2) is 17.4 Å². The Morgan fingerprint density at radius 2 is 2.19 bits per heavy atom. The number of hydrogen-bond donors (Lipinski definition) is 2. The van der Waals surface area contributed by atoms with Crippen molar-refractivity contribution in [1.29, 1.82) is 0 Å². The Hall–Kier alpha value is -0.890. The highest BCUT2D eigenvalue weighted by atomic mass is 32.2. The van der Waals surface area contributed by atoms with Gasteiger partial charge < -0.3 is 15.0 Å².